The van der Waals surface area contributed by atoms with Crippen LogP contribution in [0, 0.1) is 0 Å². The van der Waals surface area contributed by atoms with Gasteiger partial charge in [0.2, 0.25) is 5.91 Å². The third kappa shape index (κ3) is 6.94. The molecule has 1 atom stereocenters. The minimum Gasteiger partial charge on any atom is -0.494 e. The monoisotopic (exact) mass is 485 g/mol. The van der Waals surface area contributed by atoms with Crippen LogP contribution in [0.3, 0.4) is 0 Å². The van der Waals surface area contributed by atoms with Gasteiger partial charge in [-0.3, -0.25) is 4.79 Å². The van der Waals surface area contributed by atoms with E-state index in [1.807, 2.05) is 39.8 Å². The first-order valence-corrected chi connectivity index (χ1v) is 12.0. The Bertz CT molecular complexity index is 1040. The molecule has 0 aliphatic carbocycles. The fourth-order valence-corrected chi connectivity index (χ4v) is 3.83. The van der Waals surface area contributed by atoms with Crippen LogP contribution in [0.2, 0.25) is 0 Å². The number of nitrogens with one attached hydrogen (secondary N) is 2. The van der Waals surface area contributed by atoms with Crippen molar-refractivity contribution in [2.45, 2.75) is 46.8 Å². The zero-order valence-corrected chi connectivity index (χ0v) is 21.1. The highest BCUT2D eigenvalue weighted by Gasteiger charge is 2.22. The minimum atomic E-state index is -0.376. The van der Waals surface area contributed by atoms with Gasteiger partial charge in [0.25, 0.3) is 0 Å². The second-order valence-corrected chi connectivity index (χ2v) is 8.22. The lowest BCUT2D eigenvalue weighted by molar-refractivity contribution is -0.116. The topological polar surface area (TPSA) is 98.4 Å². The zero-order chi connectivity index (χ0) is 25.4. The van der Waals surface area contributed by atoms with Crippen LogP contribution < -0.4 is 29.6 Å². The summed E-state index contributed by atoms with van der Waals surface area (Å²) in [4.78, 5) is 26.5. The number of anilines is 1. The molecule has 0 spiro atoms. The van der Waals surface area contributed by atoms with Crippen LogP contribution in [0.5, 0.6) is 23.0 Å². The lowest BCUT2D eigenvalue weighted by Crippen LogP contribution is -2.41. The largest absolute Gasteiger partial charge is 0.494 e. The van der Waals surface area contributed by atoms with Gasteiger partial charge in [-0.1, -0.05) is 0 Å². The number of likely N-dealkylation sites (N-methyl/N-ethyl adjacent to an activating group) is 1. The Morgan fingerprint density at radius 3 is 2.40 bits per heavy atom. The van der Waals surface area contributed by atoms with Gasteiger partial charge >= 0.3 is 6.03 Å². The number of hydrogen-bond donors (Lipinski definition) is 2. The molecule has 0 saturated carbocycles. The summed E-state index contributed by atoms with van der Waals surface area (Å²) in [7, 11) is 1.57. The number of rotatable bonds is 11. The summed E-state index contributed by atoms with van der Waals surface area (Å²) in [5.74, 6) is 2.38. The summed E-state index contributed by atoms with van der Waals surface area (Å²) in [6.07, 6.45) is 0.953. The highest BCUT2D eigenvalue weighted by Crippen LogP contribution is 2.35. The average molecular weight is 486 g/mol. The maximum absolute atomic E-state index is 12.6. The molecule has 0 radical (unpaired) electrons. The second-order valence-electron chi connectivity index (χ2n) is 8.22. The number of urea groups is 1. The Hall–Kier alpha value is -3.62. The molecule has 0 aromatic heterocycles. The van der Waals surface area contributed by atoms with E-state index < -0.39 is 0 Å². The highest BCUT2D eigenvalue weighted by atomic mass is 16.5. The van der Waals surface area contributed by atoms with E-state index >= 15 is 0 Å². The third-order valence-corrected chi connectivity index (χ3v) is 5.36. The van der Waals surface area contributed by atoms with Gasteiger partial charge in [0, 0.05) is 42.9 Å². The van der Waals surface area contributed by atoms with Gasteiger partial charge in [-0.25, -0.2) is 4.79 Å². The van der Waals surface area contributed by atoms with Gasteiger partial charge in [-0.2, -0.15) is 0 Å². The molecule has 0 saturated heterocycles. The molecule has 1 aliphatic rings. The van der Waals surface area contributed by atoms with Crippen molar-refractivity contribution in [1.82, 2.24) is 10.2 Å². The fraction of sp³-hybridized carbons (Fsp3) is 0.462. The van der Waals surface area contributed by atoms with Crippen LogP contribution in [0.4, 0.5) is 10.5 Å². The molecule has 9 heteroatoms. The molecule has 190 valence electrons. The summed E-state index contributed by atoms with van der Waals surface area (Å²) >= 11 is 0. The number of fused-ring (bicyclic) bond motifs is 1. The molecule has 2 N–H and O–H groups in total. The van der Waals surface area contributed by atoms with E-state index in [0.717, 1.165) is 29.0 Å². The van der Waals surface area contributed by atoms with Crippen molar-refractivity contribution in [3.8, 4) is 23.0 Å². The van der Waals surface area contributed by atoms with Crippen LogP contribution in [-0.4, -0.2) is 56.4 Å². The van der Waals surface area contributed by atoms with Gasteiger partial charge in [0.15, 0.2) is 11.5 Å². The first-order chi connectivity index (χ1) is 16.8. The Labute approximate surface area is 206 Å². The van der Waals surface area contributed by atoms with Crippen LogP contribution in [0.25, 0.3) is 0 Å². The average Bonchev–Trinajstić information content (AvgIpc) is 3.18. The molecule has 2 aromatic carbocycles. The maximum atomic E-state index is 12.6. The molecule has 9 nitrogen and oxygen atoms in total. The van der Waals surface area contributed by atoms with E-state index in [0.29, 0.717) is 37.0 Å². The Morgan fingerprint density at radius 2 is 1.69 bits per heavy atom. The smallest absolute Gasteiger partial charge is 0.317 e. The standard InChI is InChI=1S/C26H35N3O6/c1-6-32-21-10-9-20(14-24(21)34-8-3)28-25(30)16-29(5)26(31)27-15-19-13-23-18(11-17(4)35-23)12-22(19)33-7-2/h9-10,12-14,17H,6-8,11,15-16H2,1-5H3,(H,27,31)(H,28,30)/t17-/m0/s1. The third-order valence-electron chi connectivity index (χ3n) is 5.36. The van der Waals surface area contributed by atoms with Crippen molar-refractivity contribution < 1.29 is 28.5 Å². The lowest BCUT2D eigenvalue weighted by Gasteiger charge is -2.19. The molecule has 0 bridgehead atoms. The van der Waals surface area contributed by atoms with E-state index in [9.17, 15) is 9.59 Å². The van der Waals surface area contributed by atoms with E-state index in [1.165, 1.54) is 4.90 Å². The summed E-state index contributed by atoms with van der Waals surface area (Å²) < 4.78 is 22.8. The van der Waals surface area contributed by atoms with Crippen LogP contribution in [0.1, 0.15) is 38.8 Å². The molecule has 1 aliphatic heterocycles. The van der Waals surface area contributed by atoms with Crippen LogP contribution in [-0.2, 0) is 17.8 Å². The number of nitrogens with zero attached hydrogens (tertiary/aromatic N) is 1. The molecule has 35 heavy (non-hydrogen) atoms. The van der Waals surface area contributed by atoms with Gasteiger partial charge in [0.1, 0.15) is 24.1 Å². The number of carbonyl (C=O) groups is 2. The van der Waals surface area contributed by atoms with Gasteiger partial charge in [0.05, 0.1) is 19.8 Å². The Balaban J connectivity index is 1.57. The van der Waals surface area contributed by atoms with Crippen molar-refractivity contribution in [3.05, 3.63) is 41.5 Å². The summed E-state index contributed by atoms with van der Waals surface area (Å²) in [6.45, 7) is 9.34. The number of ether oxygens (including phenoxy) is 4. The normalized spacial score (nSPS) is 13.9. The van der Waals surface area contributed by atoms with Crippen molar-refractivity contribution in [3.63, 3.8) is 0 Å². The van der Waals surface area contributed by atoms with E-state index in [1.54, 1.807) is 25.2 Å². The quantitative estimate of drug-likeness (QED) is 0.500. The number of carbonyl (C=O) groups excluding carboxylic acids is 2. The van der Waals surface area contributed by atoms with E-state index in [4.69, 9.17) is 18.9 Å². The summed E-state index contributed by atoms with van der Waals surface area (Å²) in [5.41, 5.74) is 2.49. The van der Waals surface area contributed by atoms with E-state index in [-0.39, 0.29) is 31.1 Å². The van der Waals surface area contributed by atoms with Crippen molar-refractivity contribution in [2.75, 3.05) is 38.7 Å². The molecule has 0 fully saturated rings. The molecular formula is C26H35N3O6. The fourth-order valence-electron chi connectivity index (χ4n) is 3.83. The number of benzene rings is 2. The Kier molecular flexibility index (Phi) is 9.05. The van der Waals surface area contributed by atoms with Crippen LogP contribution in [0.15, 0.2) is 30.3 Å². The first-order valence-electron chi connectivity index (χ1n) is 12.0. The molecule has 1 heterocycles. The highest BCUT2D eigenvalue weighted by molar-refractivity contribution is 5.94. The maximum Gasteiger partial charge on any atom is 0.317 e. The number of amides is 3. The van der Waals surface area contributed by atoms with Gasteiger partial charge in [-0.15, -0.1) is 0 Å². The molecule has 3 amide bonds. The van der Waals surface area contributed by atoms with Crippen LogP contribution >= 0.6 is 0 Å². The Morgan fingerprint density at radius 1 is 1.00 bits per heavy atom. The molecule has 2 aromatic rings. The molecule has 3 rings (SSSR count). The zero-order valence-electron chi connectivity index (χ0n) is 21.1. The second kappa shape index (κ2) is 12.2. The van der Waals surface area contributed by atoms with Gasteiger partial charge < -0.3 is 34.5 Å². The van der Waals surface area contributed by atoms with Crippen molar-refractivity contribution in [2.24, 2.45) is 0 Å². The van der Waals surface area contributed by atoms with Crippen molar-refractivity contribution >= 4 is 17.6 Å². The predicted molar refractivity (Wildman–Crippen MR) is 134 cm³/mol. The summed E-state index contributed by atoms with van der Waals surface area (Å²) in [6, 6.07) is 8.71. The molecule has 0 unspecified atom stereocenters. The summed E-state index contributed by atoms with van der Waals surface area (Å²) in [5, 5.41) is 5.65. The first kappa shape index (κ1) is 26.0. The number of hydrogen-bond acceptors (Lipinski definition) is 6. The lowest BCUT2D eigenvalue weighted by atomic mass is 10.1. The van der Waals surface area contributed by atoms with Crippen molar-refractivity contribution in [1.29, 1.82) is 0 Å². The SMILES string of the molecule is CCOc1cc2c(cc1CNC(=O)N(C)CC(=O)Nc1ccc(OCC)c(OCC)c1)O[C@@H](C)C2. The molecular weight excluding hydrogens is 450 g/mol. The minimum absolute atomic E-state index is 0.119. The van der Waals surface area contributed by atoms with Gasteiger partial charge in [-0.05, 0) is 52.0 Å². The van der Waals surface area contributed by atoms with E-state index in [2.05, 4.69) is 10.6 Å². The predicted octanol–water partition coefficient (Wildman–Crippen LogP) is 3.99.